The fourth-order valence-electron chi connectivity index (χ4n) is 2.18. The van der Waals surface area contributed by atoms with Gasteiger partial charge in [0.05, 0.1) is 20.9 Å². The number of aromatic nitrogens is 2. The Bertz CT molecular complexity index is 793. The zero-order chi connectivity index (χ0) is 13.4. The Labute approximate surface area is 119 Å². The molecule has 96 valence electrons. The molecule has 0 spiro atoms. The molecule has 0 saturated carbocycles. The van der Waals surface area contributed by atoms with Gasteiger partial charge in [-0.2, -0.15) is 0 Å². The molecule has 0 aliphatic carbocycles. The molecule has 0 unspecified atom stereocenters. The van der Waals surface area contributed by atoms with Crippen molar-refractivity contribution in [1.82, 2.24) is 9.55 Å². The van der Waals surface area contributed by atoms with Gasteiger partial charge in [-0.25, -0.2) is 0 Å². The summed E-state index contributed by atoms with van der Waals surface area (Å²) >= 11 is 7.78. The van der Waals surface area contributed by atoms with Crippen molar-refractivity contribution in [3.05, 3.63) is 51.3 Å². The van der Waals surface area contributed by atoms with E-state index in [4.69, 9.17) is 11.6 Å². The van der Waals surface area contributed by atoms with Crippen LogP contribution in [-0.4, -0.2) is 9.55 Å². The van der Waals surface area contributed by atoms with Crippen molar-refractivity contribution >= 4 is 33.8 Å². The molecule has 1 aromatic carbocycles. The van der Waals surface area contributed by atoms with E-state index >= 15 is 0 Å². The Morgan fingerprint density at radius 1 is 1.37 bits per heavy atom. The summed E-state index contributed by atoms with van der Waals surface area (Å²) in [4.78, 5) is 17.0. The first-order chi connectivity index (χ1) is 9.20. The lowest BCUT2D eigenvalue weighted by Gasteiger charge is -2.10. The van der Waals surface area contributed by atoms with Crippen LogP contribution in [0.25, 0.3) is 21.3 Å². The second kappa shape index (κ2) is 4.79. The predicted molar refractivity (Wildman–Crippen MR) is 80.0 cm³/mol. The van der Waals surface area contributed by atoms with Crippen molar-refractivity contribution in [2.24, 2.45) is 0 Å². The van der Waals surface area contributed by atoms with Crippen molar-refractivity contribution in [3.8, 4) is 10.4 Å². The van der Waals surface area contributed by atoms with Crippen molar-refractivity contribution in [3.63, 3.8) is 0 Å². The Balaban J connectivity index is 2.33. The summed E-state index contributed by atoms with van der Waals surface area (Å²) < 4.78 is 1.72. The van der Waals surface area contributed by atoms with E-state index < -0.39 is 0 Å². The molecule has 2 aromatic heterocycles. The van der Waals surface area contributed by atoms with Crippen LogP contribution in [0, 0.1) is 0 Å². The monoisotopic (exact) mass is 290 g/mol. The molecule has 0 aliphatic heterocycles. The fraction of sp³-hybridized carbons (Fsp3) is 0.143. The lowest BCUT2D eigenvalue weighted by atomic mass is 10.1. The molecular formula is C14H11ClN2OS. The maximum Gasteiger partial charge on any atom is 0.252 e. The second-order valence-corrected chi connectivity index (χ2v) is 5.47. The topological polar surface area (TPSA) is 34.9 Å². The van der Waals surface area contributed by atoms with E-state index in [0.29, 0.717) is 11.6 Å². The number of hydrogen-bond acceptors (Lipinski definition) is 3. The summed E-state index contributed by atoms with van der Waals surface area (Å²) in [5.74, 6) is 0. The molecule has 0 radical (unpaired) electrons. The van der Waals surface area contributed by atoms with Gasteiger partial charge in [0.15, 0.2) is 0 Å². The van der Waals surface area contributed by atoms with Crippen molar-refractivity contribution in [2.45, 2.75) is 13.5 Å². The summed E-state index contributed by atoms with van der Waals surface area (Å²) in [6.45, 7) is 2.58. The molecule has 2 heterocycles. The zero-order valence-corrected chi connectivity index (χ0v) is 11.8. The van der Waals surface area contributed by atoms with Crippen LogP contribution in [-0.2, 0) is 6.54 Å². The third-order valence-electron chi connectivity index (χ3n) is 3.09. The summed E-state index contributed by atoms with van der Waals surface area (Å²) in [6, 6.07) is 7.43. The van der Waals surface area contributed by atoms with Crippen LogP contribution in [0.5, 0.6) is 0 Å². The highest BCUT2D eigenvalue weighted by molar-refractivity contribution is 7.13. The lowest BCUT2D eigenvalue weighted by molar-refractivity contribution is 0.760. The maximum atomic E-state index is 11.9. The smallest absolute Gasteiger partial charge is 0.252 e. The lowest BCUT2D eigenvalue weighted by Crippen LogP contribution is -2.18. The van der Waals surface area contributed by atoms with Crippen molar-refractivity contribution in [1.29, 1.82) is 0 Å². The van der Waals surface area contributed by atoms with Crippen LogP contribution < -0.4 is 5.56 Å². The van der Waals surface area contributed by atoms with Gasteiger partial charge in [0, 0.05) is 24.2 Å². The number of halogens is 1. The first-order valence-corrected chi connectivity index (χ1v) is 7.18. The largest absolute Gasteiger partial charge is 0.308 e. The third-order valence-corrected chi connectivity index (χ3v) is 4.23. The van der Waals surface area contributed by atoms with Crippen LogP contribution in [0.3, 0.4) is 0 Å². The van der Waals surface area contributed by atoms with Gasteiger partial charge in [0.1, 0.15) is 0 Å². The highest BCUT2D eigenvalue weighted by Crippen LogP contribution is 2.29. The normalized spacial score (nSPS) is 11.1. The minimum Gasteiger partial charge on any atom is -0.308 e. The molecule has 3 nitrogen and oxygen atoms in total. The molecule has 19 heavy (non-hydrogen) atoms. The van der Waals surface area contributed by atoms with Gasteiger partial charge in [-0.05, 0) is 24.6 Å². The number of fused-ring (bicyclic) bond motifs is 1. The van der Waals surface area contributed by atoms with Gasteiger partial charge >= 0.3 is 0 Å². The van der Waals surface area contributed by atoms with E-state index in [1.54, 1.807) is 21.4 Å². The van der Waals surface area contributed by atoms with Crippen LogP contribution in [0.4, 0.5) is 0 Å². The highest BCUT2D eigenvalue weighted by Gasteiger charge is 2.08. The molecular weight excluding hydrogens is 280 g/mol. The molecule has 0 amide bonds. The van der Waals surface area contributed by atoms with E-state index in [-0.39, 0.29) is 5.56 Å². The SMILES string of the molecule is CCn1c(=O)cc(Cl)c2cc(-c3cncs3)ccc21. The Morgan fingerprint density at radius 3 is 2.89 bits per heavy atom. The van der Waals surface area contributed by atoms with Crippen molar-refractivity contribution in [2.75, 3.05) is 0 Å². The van der Waals surface area contributed by atoms with E-state index in [0.717, 1.165) is 21.3 Å². The van der Waals surface area contributed by atoms with Gasteiger partial charge in [-0.3, -0.25) is 9.78 Å². The fourth-order valence-corrected chi connectivity index (χ4v) is 3.05. The number of hydrogen-bond donors (Lipinski definition) is 0. The Kier molecular flexibility index (Phi) is 3.12. The third kappa shape index (κ3) is 2.07. The first-order valence-electron chi connectivity index (χ1n) is 5.92. The average Bonchev–Trinajstić information content (AvgIpc) is 2.93. The molecule has 0 N–H and O–H groups in total. The molecule has 0 fully saturated rings. The minimum atomic E-state index is -0.0643. The van der Waals surface area contributed by atoms with E-state index in [2.05, 4.69) is 4.98 Å². The Hall–Kier alpha value is -1.65. The molecule has 3 rings (SSSR count). The quantitative estimate of drug-likeness (QED) is 0.719. The van der Waals surface area contributed by atoms with Crippen LogP contribution in [0.15, 0.2) is 40.8 Å². The van der Waals surface area contributed by atoms with Gasteiger partial charge in [0.25, 0.3) is 5.56 Å². The standard InChI is InChI=1S/C14H11ClN2OS/c1-2-17-12-4-3-9(13-7-16-8-19-13)5-10(12)11(15)6-14(17)18/h3-8H,2H2,1H3. The number of thiazole rings is 1. The van der Waals surface area contributed by atoms with Crippen LogP contribution >= 0.6 is 22.9 Å². The summed E-state index contributed by atoms with van der Waals surface area (Å²) in [5.41, 5.74) is 3.67. The molecule has 0 bridgehead atoms. The van der Waals surface area contributed by atoms with Crippen molar-refractivity contribution < 1.29 is 0 Å². The number of rotatable bonds is 2. The molecule has 3 aromatic rings. The van der Waals surface area contributed by atoms with E-state index in [1.807, 2.05) is 31.3 Å². The Morgan fingerprint density at radius 2 is 2.21 bits per heavy atom. The minimum absolute atomic E-state index is 0.0643. The van der Waals surface area contributed by atoms with Crippen LogP contribution in [0.2, 0.25) is 5.02 Å². The summed E-state index contributed by atoms with van der Waals surface area (Å²) in [7, 11) is 0. The van der Waals surface area contributed by atoms with Gasteiger partial charge < -0.3 is 4.57 Å². The summed E-state index contributed by atoms with van der Waals surface area (Å²) in [6.07, 6.45) is 1.83. The number of aryl methyl sites for hydroxylation is 1. The highest BCUT2D eigenvalue weighted by atomic mass is 35.5. The first kappa shape index (κ1) is 12.4. The van der Waals surface area contributed by atoms with Gasteiger partial charge in [-0.1, -0.05) is 17.7 Å². The van der Waals surface area contributed by atoms with Gasteiger partial charge in [0.2, 0.25) is 0 Å². The average molecular weight is 291 g/mol. The summed E-state index contributed by atoms with van der Waals surface area (Å²) in [5, 5.41) is 1.39. The molecule has 0 saturated heterocycles. The maximum absolute atomic E-state index is 11.9. The zero-order valence-electron chi connectivity index (χ0n) is 10.3. The van der Waals surface area contributed by atoms with Crippen LogP contribution in [0.1, 0.15) is 6.92 Å². The molecule has 0 aliphatic rings. The molecule has 0 atom stereocenters. The number of benzene rings is 1. The number of nitrogens with zero attached hydrogens (tertiary/aromatic N) is 2. The predicted octanol–water partition coefficient (Wildman–Crippen LogP) is 3.80. The number of pyridine rings is 1. The second-order valence-electron chi connectivity index (χ2n) is 4.17. The van der Waals surface area contributed by atoms with Gasteiger partial charge in [-0.15, -0.1) is 11.3 Å². The molecule has 5 heteroatoms. The van der Waals surface area contributed by atoms with E-state index in [9.17, 15) is 4.79 Å². The van der Waals surface area contributed by atoms with E-state index in [1.165, 1.54) is 6.07 Å².